The molecule has 0 bridgehead atoms. The Balaban J connectivity index is 1.16. The normalized spacial score (nSPS) is 16.8. The number of hydrogen-bond acceptors (Lipinski definition) is 6. The highest BCUT2D eigenvalue weighted by molar-refractivity contribution is 5.76. The second kappa shape index (κ2) is 9.89. The standard InChI is InChI=1S/C23H31N5O2/c1-27-16-11-19(12-17-27)23-25-22(30-26-23)10-9-21(29)24-13-5-15-28-14-4-7-18-6-2-3-8-20(18)28/h2-3,6,8,11H,4-5,7,9-10,12-17H2,1H3,(H,24,29). The maximum absolute atomic E-state index is 12.2. The third-order valence-electron chi connectivity index (χ3n) is 5.87. The van der Waals surface area contributed by atoms with E-state index in [0.717, 1.165) is 51.0 Å². The van der Waals surface area contributed by atoms with Gasteiger partial charge in [-0.1, -0.05) is 29.4 Å². The summed E-state index contributed by atoms with van der Waals surface area (Å²) < 4.78 is 5.33. The molecule has 0 fully saturated rings. The van der Waals surface area contributed by atoms with Gasteiger partial charge in [-0.2, -0.15) is 4.98 Å². The van der Waals surface area contributed by atoms with E-state index in [0.29, 0.717) is 31.1 Å². The van der Waals surface area contributed by atoms with Crippen molar-refractivity contribution in [2.45, 2.75) is 38.5 Å². The van der Waals surface area contributed by atoms with Gasteiger partial charge in [0.25, 0.3) is 0 Å². The summed E-state index contributed by atoms with van der Waals surface area (Å²) in [4.78, 5) is 21.3. The fourth-order valence-electron chi connectivity index (χ4n) is 4.11. The lowest BCUT2D eigenvalue weighted by Crippen LogP contribution is -2.33. The monoisotopic (exact) mass is 409 g/mol. The van der Waals surface area contributed by atoms with Crippen LogP contribution in [-0.4, -0.2) is 60.7 Å². The summed E-state index contributed by atoms with van der Waals surface area (Å²) in [5.41, 5.74) is 3.91. The fourth-order valence-corrected chi connectivity index (χ4v) is 4.11. The van der Waals surface area contributed by atoms with Crippen molar-refractivity contribution >= 4 is 17.2 Å². The Morgan fingerprint density at radius 1 is 1.23 bits per heavy atom. The Bertz CT molecular complexity index is 891. The van der Waals surface area contributed by atoms with Crippen molar-refractivity contribution in [3.8, 4) is 0 Å². The highest BCUT2D eigenvalue weighted by atomic mass is 16.5. The van der Waals surface area contributed by atoms with Gasteiger partial charge in [0, 0.05) is 51.3 Å². The van der Waals surface area contributed by atoms with Crippen LogP contribution in [-0.2, 0) is 17.6 Å². The molecule has 7 nitrogen and oxygen atoms in total. The van der Waals surface area contributed by atoms with Crippen LogP contribution >= 0.6 is 0 Å². The van der Waals surface area contributed by atoms with Gasteiger partial charge >= 0.3 is 0 Å². The number of benzene rings is 1. The Labute approximate surface area is 178 Å². The average Bonchev–Trinajstić information content (AvgIpc) is 3.25. The van der Waals surface area contributed by atoms with Crippen LogP contribution < -0.4 is 10.2 Å². The van der Waals surface area contributed by atoms with Crippen molar-refractivity contribution in [3.63, 3.8) is 0 Å². The molecule has 160 valence electrons. The summed E-state index contributed by atoms with van der Waals surface area (Å²) in [6, 6.07) is 8.63. The van der Waals surface area contributed by atoms with Crippen molar-refractivity contribution in [1.29, 1.82) is 0 Å². The second-order valence-corrected chi connectivity index (χ2v) is 8.18. The molecule has 0 spiro atoms. The largest absolute Gasteiger partial charge is 0.371 e. The van der Waals surface area contributed by atoms with Crippen LogP contribution in [0.1, 0.15) is 43.0 Å². The van der Waals surface area contributed by atoms with Gasteiger partial charge in [0.2, 0.25) is 11.8 Å². The number of para-hydroxylation sites is 1. The van der Waals surface area contributed by atoms with Crippen LogP contribution in [0.4, 0.5) is 5.69 Å². The molecule has 4 rings (SSSR count). The molecule has 2 aromatic rings. The van der Waals surface area contributed by atoms with Gasteiger partial charge in [0.1, 0.15) is 0 Å². The van der Waals surface area contributed by atoms with Crippen molar-refractivity contribution < 1.29 is 9.32 Å². The van der Waals surface area contributed by atoms with E-state index in [1.165, 1.54) is 17.7 Å². The number of carbonyl (C=O) groups is 1. The lowest BCUT2D eigenvalue weighted by Gasteiger charge is -2.31. The summed E-state index contributed by atoms with van der Waals surface area (Å²) in [5.74, 6) is 1.23. The molecule has 0 aliphatic carbocycles. The molecule has 7 heteroatoms. The van der Waals surface area contributed by atoms with Crippen molar-refractivity contribution in [2.75, 3.05) is 44.7 Å². The summed E-state index contributed by atoms with van der Waals surface area (Å²) in [7, 11) is 2.10. The second-order valence-electron chi connectivity index (χ2n) is 8.18. The smallest absolute Gasteiger partial charge is 0.227 e. The molecule has 1 N–H and O–H groups in total. The van der Waals surface area contributed by atoms with Gasteiger partial charge in [0.05, 0.1) is 0 Å². The van der Waals surface area contributed by atoms with E-state index in [1.807, 2.05) is 0 Å². The maximum atomic E-state index is 12.2. The number of anilines is 1. The number of likely N-dealkylation sites (N-methyl/N-ethyl adjacent to an activating group) is 1. The third-order valence-corrected chi connectivity index (χ3v) is 5.87. The molecule has 0 saturated carbocycles. The van der Waals surface area contributed by atoms with E-state index in [9.17, 15) is 4.79 Å². The van der Waals surface area contributed by atoms with Crippen LogP contribution in [0.15, 0.2) is 34.9 Å². The number of nitrogens with zero attached hydrogens (tertiary/aromatic N) is 4. The quantitative estimate of drug-likeness (QED) is 0.676. The Hall–Kier alpha value is -2.67. The minimum atomic E-state index is 0.0345. The van der Waals surface area contributed by atoms with Gasteiger partial charge < -0.3 is 19.6 Å². The Kier molecular flexibility index (Phi) is 6.79. The first-order chi connectivity index (χ1) is 14.7. The topological polar surface area (TPSA) is 74.5 Å². The minimum absolute atomic E-state index is 0.0345. The van der Waals surface area contributed by atoms with Crippen molar-refractivity contribution in [2.24, 2.45) is 0 Å². The predicted molar refractivity (Wildman–Crippen MR) is 117 cm³/mol. The fraction of sp³-hybridized carbons (Fsp3) is 0.522. The SMILES string of the molecule is CN1CC=C(c2noc(CCC(=O)NCCCN3CCCc4ccccc43)n2)CC1. The predicted octanol–water partition coefficient (Wildman–Crippen LogP) is 2.68. The van der Waals surface area contributed by atoms with Crippen LogP contribution in [0.3, 0.4) is 0 Å². The van der Waals surface area contributed by atoms with E-state index in [-0.39, 0.29) is 5.91 Å². The third kappa shape index (κ3) is 5.27. The highest BCUT2D eigenvalue weighted by Gasteiger charge is 2.17. The van der Waals surface area contributed by atoms with Crippen LogP contribution in [0.2, 0.25) is 0 Å². The van der Waals surface area contributed by atoms with Crippen LogP contribution in [0, 0.1) is 0 Å². The zero-order valence-electron chi connectivity index (χ0n) is 17.8. The highest BCUT2D eigenvalue weighted by Crippen LogP contribution is 2.26. The van der Waals surface area contributed by atoms with Gasteiger partial charge in [-0.25, -0.2) is 0 Å². The number of aryl methyl sites for hydroxylation is 2. The van der Waals surface area contributed by atoms with E-state index >= 15 is 0 Å². The number of hydrogen-bond donors (Lipinski definition) is 1. The molecule has 3 heterocycles. The number of nitrogens with one attached hydrogen (secondary N) is 1. The van der Waals surface area contributed by atoms with E-state index in [2.05, 4.69) is 62.6 Å². The Morgan fingerprint density at radius 3 is 3.00 bits per heavy atom. The number of fused-ring (bicyclic) bond motifs is 1. The molecule has 30 heavy (non-hydrogen) atoms. The first-order valence-corrected chi connectivity index (χ1v) is 11.0. The number of rotatable bonds is 8. The first-order valence-electron chi connectivity index (χ1n) is 11.0. The molecule has 1 aromatic heterocycles. The van der Waals surface area contributed by atoms with E-state index < -0.39 is 0 Å². The molecular weight excluding hydrogens is 378 g/mol. The van der Waals surface area contributed by atoms with Crippen LogP contribution in [0.25, 0.3) is 5.57 Å². The molecule has 0 saturated heterocycles. The average molecular weight is 410 g/mol. The molecule has 0 radical (unpaired) electrons. The lowest BCUT2D eigenvalue weighted by molar-refractivity contribution is -0.121. The molecular formula is C23H31N5O2. The lowest BCUT2D eigenvalue weighted by atomic mass is 10.0. The summed E-state index contributed by atoms with van der Waals surface area (Å²) in [6.07, 6.45) is 7.22. The first kappa shape index (κ1) is 20.6. The zero-order chi connectivity index (χ0) is 20.8. The molecule has 2 aliphatic heterocycles. The minimum Gasteiger partial charge on any atom is -0.371 e. The van der Waals surface area contributed by atoms with Crippen LogP contribution in [0.5, 0.6) is 0 Å². The number of amides is 1. The number of aromatic nitrogens is 2. The molecule has 1 aromatic carbocycles. The Morgan fingerprint density at radius 2 is 2.13 bits per heavy atom. The zero-order valence-corrected chi connectivity index (χ0v) is 17.8. The number of carbonyl (C=O) groups excluding carboxylic acids is 1. The summed E-state index contributed by atoms with van der Waals surface area (Å²) in [6.45, 7) is 4.66. The van der Waals surface area contributed by atoms with Crippen molar-refractivity contribution in [3.05, 3.63) is 47.6 Å². The molecule has 1 amide bonds. The molecule has 2 aliphatic rings. The summed E-state index contributed by atoms with van der Waals surface area (Å²) in [5, 5.41) is 7.10. The molecule has 0 atom stereocenters. The maximum Gasteiger partial charge on any atom is 0.227 e. The van der Waals surface area contributed by atoms with Gasteiger partial charge in [-0.05, 0) is 49.9 Å². The van der Waals surface area contributed by atoms with E-state index in [1.54, 1.807) is 0 Å². The van der Waals surface area contributed by atoms with E-state index in [4.69, 9.17) is 4.52 Å². The molecule has 0 unspecified atom stereocenters. The van der Waals surface area contributed by atoms with Gasteiger partial charge in [-0.15, -0.1) is 0 Å². The van der Waals surface area contributed by atoms with Gasteiger partial charge in [-0.3, -0.25) is 4.79 Å². The van der Waals surface area contributed by atoms with Crippen molar-refractivity contribution in [1.82, 2.24) is 20.4 Å². The summed E-state index contributed by atoms with van der Waals surface area (Å²) >= 11 is 0. The van der Waals surface area contributed by atoms with Gasteiger partial charge in [0.15, 0.2) is 5.82 Å².